The van der Waals surface area contributed by atoms with Gasteiger partial charge in [-0.25, -0.2) is 4.21 Å². The Bertz CT molecular complexity index is 727. The molecular formula is C14H19N3O2S. The maximum atomic E-state index is 11.7. The molecule has 0 bridgehead atoms. The Morgan fingerprint density at radius 2 is 1.95 bits per heavy atom. The lowest BCUT2D eigenvalue weighted by Crippen LogP contribution is -2.13. The van der Waals surface area contributed by atoms with Crippen LogP contribution in [-0.2, 0) is 15.1 Å². The molecule has 6 heteroatoms. The van der Waals surface area contributed by atoms with E-state index < -0.39 is 9.73 Å². The SMILES string of the molecule is CC(C)(C)c1noc(-c2cccc(N=S(C)(C)=O)c2)n1. The second-order valence-corrected chi connectivity index (χ2v) is 8.54. The maximum Gasteiger partial charge on any atom is 0.258 e. The first-order chi connectivity index (χ1) is 9.15. The Hall–Kier alpha value is -1.69. The van der Waals surface area contributed by atoms with Gasteiger partial charge in [0.05, 0.1) is 5.69 Å². The van der Waals surface area contributed by atoms with Crippen LogP contribution in [-0.4, -0.2) is 26.9 Å². The quantitative estimate of drug-likeness (QED) is 0.851. The van der Waals surface area contributed by atoms with Gasteiger partial charge < -0.3 is 4.52 Å². The van der Waals surface area contributed by atoms with Crippen molar-refractivity contribution in [3.8, 4) is 11.5 Å². The second kappa shape index (κ2) is 5.01. The normalized spacial score (nSPS) is 12.4. The molecule has 0 unspecified atom stereocenters. The van der Waals surface area contributed by atoms with Gasteiger partial charge >= 0.3 is 0 Å². The Morgan fingerprint density at radius 1 is 1.25 bits per heavy atom. The van der Waals surface area contributed by atoms with Crippen molar-refractivity contribution >= 4 is 15.4 Å². The number of benzene rings is 1. The molecule has 0 atom stereocenters. The van der Waals surface area contributed by atoms with E-state index in [-0.39, 0.29) is 5.41 Å². The van der Waals surface area contributed by atoms with Crippen molar-refractivity contribution < 1.29 is 8.73 Å². The molecule has 0 aliphatic carbocycles. The smallest absolute Gasteiger partial charge is 0.258 e. The fraction of sp³-hybridized carbons (Fsp3) is 0.429. The number of hydrogen-bond donors (Lipinski definition) is 0. The van der Waals surface area contributed by atoms with Crippen LogP contribution in [0.2, 0.25) is 0 Å². The molecule has 0 spiro atoms. The summed E-state index contributed by atoms with van der Waals surface area (Å²) in [5.74, 6) is 1.11. The summed E-state index contributed by atoms with van der Waals surface area (Å²) in [7, 11) is -2.19. The molecule has 0 fully saturated rings. The van der Waals surface area contributed by atoms with E-state index in [0.29, 0.717) is 17.4 Å². The van der Waals surface area contributed by atoms with Gasteiger partial charge in [0, 0.05) is 33.2 Å². The van der Waals surface area contributed by atoms with Crippen molar-refractivity contribution in [1.82, 2.24) is 10.1 Å². The van der Waals surface area contributed by atoms with Crippen molar-refractivity contribution in [1.29, 1.82) is 0 Å². The van der Waals surface area contributed by atoms with Crippen molar-refractivity contribution in [3.63, 3.8) is 0 Å². The minimum atomic E-state index is -2.19. The molecule has 1 aromatic heterocycles. The molecule has 2 rings (SSSR count). The predicted molar refractivity (Wildman–Crippen MR) is 80.5 cm³/mol. The maximum absolute atomic E-state index is 11.7. The first kappa shape index (κ1) is 14.7. The van der Waals surface area contributed by atoms with E-state index in [0.717, 1.165) is 5.56 Å². The molecule has 0 saturated heterocycles. The molecule has 0 aliphatic rings. The number of aromatic nitrogens is 2. The van der Waals surface area contributed by atoms with Crippen LogP contribution in [0.15, 0.2) is 33.2 Å². The first-order valence-electron chi connectivity index (χ1n) is 6.27. The monoisotopic (exact) mass is 293 g/mol. The lowest BCUT2D eigenvalue weighted by molar-refractivity contribution is 0.402. The third-order valence-electron chi connectivity index (χ3n) is 2.52. The summed E-state index contributed by atoms with van der Waals surface area (Å²) in [5, 5.41) is 3.99. The Kier molecular flexibility index (Phi) is 3.69. The van der Waals surface area contributed by atoms with E-state index >= 15 is 0 Å². The van der Waals surface area contributed by atoms with E-state index in [2.05, 4.69) is 14.5 Å². The molecule has 0 radical (unpaired) electrons. The van der Waals surface area contributed by atoms with Crippen LogP contribution in [0.4, 0.5) is 5.69 Å². The van der Waals surface area contributed by atoms with Crippen molar-refractivity contribution in [3.05, 3.63) is 30.1 Å². The van der Waals surface area contributed by atoms with Crippen LogP contribution in [0.25, 0.3) is 11.5 Å². The average molecular weight is 293 g/mol. The fourth-order valence-corrected chi connectivity index (χ4v) is 2.22. The summed E-state index contributed by atoms with van der Waals surface area (Å²) >= 11 is 0. The van der Waals surface area contributed by atoms with Gasteiger partial charge in [-0.05, 0) is 18.2 Å². The molecule has 5 nitrogen and oxygen atoms in total. The highest BCUT2D eigenvalue weighted by Gasteiger charge is 2.21. The van der Waals surface area contributed by atoms with Gasteiger partial charge in [0.2, 0.25) is 0 Å². The molecule has 20 heavy (non-hydrogen) atoms. The van der Waals surface area contributed by atoms with Gasteiger partial charge in [0.1, 0.15) is 0 Å². The lowest BCUT2D eigenvalue weighted by atomic mass is 9.96. The van der Waals surface area contributed by atoms with Crippen LogP contribution in [0.1, 0.15) is 26.6 Å². The molecule has 0 aliphatic heterocycles. The third kappa shape index (κ3) is 3.66. The van der Waals surface area contributed by atoms with Crippen molar-refractivity contribution in [2.45, 2.75) is 26.2 Å². The highest BCUT2D eigenvalue weighted by Crippen LogP contribution is 2.26. The fourth-order valence-electron chi connectivity index (χ4n) is 1.59. The van der Waals surface area contributed by atoms with Gasteiger partial charge in [-0.15, -0.1) is 0 Å². The molecule has 0 N–H and O–H groups in total. The Balaban J connectivity index is 2.42. The zero-order chi connectivity index (χ0) is 15.0. The van der Waals surface area contributed by atoms with Crippen molar-refractivity contribution in [2.75, 3.05) is 12.5 Å². The predicted octanol–water partition coefficient (Wildman–Crippen LogP) is 3.39. The largest absolute Gasteiger partial charge is 0.334 e. The average Bonchev–Trinajstić information content (AvgIpc) is 2.75. The molecular weight excluding hydrogens is 274 g/mol. The molecule has 1 aromatic carbocycles. The number of hydrogen-bond acceptors (Lipinski definition) is 5. The van der Waals surface area contributed by atoms with Crippen LogP contribution in [0, 0.1) is 0 Å². The summed E-state index contributed by atoms with van der Waals surface area (Å²) in [6.45, 7) is 6.07. The van der Waals surface area contributed by atoms with Gasteiger partial charge in [-0.3, -0.25) is 0 Å². The minimum absolute atomic E-state index is 0.162. The molecule has 0 saturated carbocycles. The summed E-state index contributed by atoms with van der Waals surface area (Å²) in [4.78, 5) is 4.40. The van der Waals surface area contributed by atoms with E-state index in [1.807, 2.05) is 32.9 Å². The highest BCUT2D eigenvalue weighted by molar-refractivity contribution is 7.92. The first-order valence-corrected chi connectivity index (χ1v) is 8.60. The van der Waals surface area contributed by atoms with Crippen molar-refractivity contribution in [2.24, 2.45) is 4.36 Å². The van der Waals surface area contributed by atoms with E-state index in [9.17, 15) is 4.21 Å². The summed E-state index contributed by atoms with van der Waals surface area (Å²) in [6.07, 6.45) is 3.20. The van der Waals surface area contributed by atoms with E-state index in [4.69, 9.17) is 4.52 Å². The van der Waals surface area contributed by atoms with Gasteiger partial charge in [-0.1, -0.05) is 32.0 Å². The standard InChI is InChI=1S/C14H19N3O2S/c1-14(2,3)13-15-12(19-16-13)10-7-6-8-11(9-10)17-20(4,5)18/h6-9H,1-5H3. The molecule has 1 heterocycles. The highest BCUT2D eigenvalue weighted by atomic mass is 32.2. The van der Waals surface area contributed by atoms with Crippen LogP contribution < -0.4 is 0 Å². The second-order valence-electron chi connectivity index (χ2n) is 6.00. The van der Waals surface area contributed by atoms with Gasteiger partial charge in [-0.2, -0.15) is 9.35 Å². The van der Waals surface area contributed by atoms with Crippen LogP contribution in [0.5, 0.6) is 0 Å². The minimum Gasteiger partial charge on any atom is -0.334 e. The Morgan fingerprint density at radius 3 is 2.50 bits per heavy atom. The molecule has 2 aromatic rings. The third-order valence-corrected chi connectivity index (χ3v) is 3.17. The van der Waals surface area contributed by atoms with Gasteiger partial charge in [0.15, 0.2) is 5.82 Å². The Labute approximate surface area is 119 Å². The zero-order valence-corrected chi connectivity index (χ0v) is 13.2. The van der Waals surface area contributed by atoms with Crippen LogP contribution in [0.3, 0.4) is 0 Å². The zero-order valence-electron chi connectivity index (χ0n) is 12.4. The van der Waals surface area contributed by atoms with Crippen LogP contribution >= 0.6 is 0 Å². The number of nitrogens with zero attached hydrogens (tertiary/aromatic N) is 3. The lowest BCUT2D eigenvalue weighted by Gasteiger charge is -2.10. The number of rotatable bonds is 2. The van der Waals surface area contributed by atoms with Gasteiger partial charge in [0.25, 0.3) is 5.89 Å². The summed E-state index contributed by atoms with van der Waals surface area (Å²) in [6, 6.07) is 7.30. The van der Waals surface area contributed by atoms with E-state index in [1.54, 1.807) is 24.6 Å². The molecule has 0 amide bonds. The summed E-state index contributed by atoms with van der Waals surface area (Å²) in [5.41, 5.74) is 1.26. The topological polar surface area (TPSA) is 68.3 Å². The molecule has 108 valence electrons. The van der Waals surface area contributed by atoms with E-state index in [1.165, 1.54) is 0 Å². The summed E-state index contributed by atoms with van der Waals surface area (Å²) < 4.78 is 21.2.